The molecule has 0 aliphatic heterocycles. The van der Waals surface area contributed by atoms with Crippen LogP contribution in [0.25, 0.3) is 0 Å². The maximum Gasteiger partial charge on any atom is 0.245 e. The third kappa shape index (κ3) is 12.1. The molecule has 0 fully saturated rings. The van der Waals surface area contributed by atoms with Crippen molar-refractivity contribution in [1.29, 1.82) is 0 Å². The number of aliphatic imine (C=N–C) groups is 2. The van der Waals surface area contributed by atoms with Crippen LogP contribution in [0.5, 0.6) is 5.75 Å². The summed E-state index contributed by atoms with van der Waals surface area (Å²) in [6.45, 7) is 2.54. The van der Waals surface area contributed by atoms with Crippen LogP contribution < -0.4 is 33.6 Å². The van der Waals surface area contributed by atoms with Crippen molar-refractivity contribution in [2.24, 2.45) is 32.9 Å². The van der Waals surface area contributed by atoms with Crippen LogP contribution in [-0.2, 0) is 27.2 Å². The minimum atomic E-state index is -1.06. The molecule has 0 saturated heterocycles. The van der Waals surface area contributed by atoms with Gasteiger partial charge in [-0.25, -0.2) is 9.38 Å². The number of nitrogens with one attached hydrogen (secondary N) is 2. The van der Waals surface area contributed by atoms with Crippen LogP contribution >= 0.6 is 0 Å². The molecule has 14 heteroatoms. The minimum absolute atomic E-state index is 0.0609. The molecule has 0 aliphatic carbocycles. The van der Waals surface area contributed by atoms with Gasteiger partial charge in [-0.3, -0.25) is 19.4 Å². The van der Waals surface area contributed by atoms with E-state index in [1.54, 1.807) is 29.2 Å². The van der Waals surface area contributed by atoms with E-state index < -0.39 is 23.9 Å². The molecule has 2 aromatic carbocycles. The second-order valence-electron chi connectivity index (χ2n) is 9.52. The lowest BCUT2D eigenvalue weighted by Crippen LogP contribution is -2.52. The number of hydrogen-bond acceptors (Lipinski definition) is 6. The van der Waals surface area contributed by atoms with Crippen LogP contribution in [0, 0.1) is 5.82 Å². The molecule has 0 heterocycles. The number of hydrogen-bond donors (Lipinski definition) is 7. The molecule has 13 nitrogen and oxygen atoms in total. The number of carbonyl (C=O) groups excluding carboxylic acids is 3. The fraction of sp³-hybridized carbons (Fsp3) is 0.393. The summed E-state index contributed by atoms with van der Waals surface area (Å²) in [5.74, 6) is -2.20. The first-order valence-corrected chi connectivity index (χ1v) is 13.5. The first kappa shape index (κ1) is 33.3. The third-order valence-electron chi connectivity index (χ3n) is 6.28. The number of phenolic OH excluding ortho intramolecular Hbond substituents is 1. The van der Waals surface area contributed by atoms with Gasteiger partial charge in [-0.1, -0.05) is 24.3 Å². The topological polar surface area (TPSA) is 228 Å². The zero-order valence-electron chi connectivity index (χ0n) is 23.6. The van der Waals surface area contributed by atoms with Crippen LogP contribution in [0.15, 0.2) is 58.5 Å². The van der Waals surface area contributed by atoms with Crippen molar-refractivity contribution >= 4 is 29.6 Å². The normalized spacial score (nSPS) is 12.0. The van der Waals surface area contributed by atoms with Gasteiger partial charge in [0.25, 0.3) is 0 Å². The highest BCUT2D eigenvalue weighted by atomic mass is 19.1. The Labute approximate surface area is 244 Å². The predicted molar refractivity (Wildman–Crippen MR) is 159 cm³/mol. The van der Waals surface area contributed by atoms with Crippen LogP contribution in [-0.4, -0.2) is 77.9 Å². The number of amides is 3. The van der Waals surface area contributed by atoms with Gasteiger partial charge in [0.15, 0.2) is 11.9 Å². The Morgan fingerprint density at radius 2 is 1.60 bits per heavy atom. The van der Waals surface area contributed by atoms with E-state index in [2.05, 4.69) is 20.6 Å². The molecule has 0 bridgehead atoms. The van der Waals surface area contributed by atoms with Gasteiger partial charge in [0, 0.05) is 26.1 Å². The van der Waals surface area contributed by atoms with Crippen LogP contribution in [0.2, 0.25) is 0 Å². The standard InChI is InChI=1S/C28H40FN9O4/c1-2-38(15-13-18-5-9-20(29)10-6-18)24(40)17-35-25(41)22(4-3-14-34-27(30)31)36-26(42)23(37-28(32)33)16-19-7-11-21(39)12-8-19/h5-12,22-23,39H,2-4,13-17H2,1H3,(H,35,41)(H,36,42)(H4,30,31,34)(H4,32,33,37)/t22-,23+/m1/s1. The number of carbonyl (C=O) groups is 3. The Hall–Kier alpha value is -4.88. The summed E-state index contributed by atoms with van der Waals surface area (Å²) in [5, 5.41) is 14.8. The maximum atomic E-state index is 13.2. The summed E-state index contributed by atoms with van der Waals surface area (Å²) in [6.07, 6.45) is 1.14. The van der Waals surface area contributed by atoms with Crippen molar-refractivity contribution in [2.75, 3.05) is 26.2 Å². The molecule has 2 atom stereocenters. The predicted octanol–water partition coefficient (Wildman–Crippen LogP) is -0.538. The molecule has 228 valence electrons. The van der Waals surface area contributed by atoms with Crippen molar-refractivity contribution in [3.05, 3.63) is 65.5 Å². The van der Waals surface area contributed by atoms with E-state index in [0.717, 1.165) is 5.56 Å². The van der Waals surface area contributed by atoms with Gasteiger partial charge in [0.05, 0.1) is 6.54 Å². The molecule has 42 heavy (non-hydrogen) atoms. The fourth-order valence-corrected chi connectivity index (χ4v) is 4.04. The molecule has 11 N–H and O–H groups in total. The molecule has 0 aliphatic rings. The number of phenols is 1. The Bertz CT molecular complexity index is 1230. The van der Waals surface area contributed by atoms with E-state index >= 15 is 0 Å². The van der Waals surface area contributed by atoms with E-state index in [-0.39, 0.29) is 55.3 Å². The number of aromatic hydroxyl groups is 1. The Balaban J connectivity index is 2.07. The highest BCUT2D eigenvalue weighted by Gasteiger charge is 2.26. The number of nitrogens with two attached hydrogens (primary N) is 4. The quantitative estimate of drug-likeness (QED) is 0.0767. The Kier molecular flexibility index (Phi) is 13.5. The largest absolute Gasteiger partial charge is 0.508 e. The number of halogens is 1. The van der Waals surface area contributed by atoms with Crippen LogP contribution in [0.4, 0.5) is 4.39 Å². The van der Waals surface area contributed by atoms with Gasteiger partial charge < -0.3 is 43.6 Å². The molecule has 0 saturated carbocycles. The van der Waals surface area contributed by atoms with Crippen LogP contribution in [0.3, 0.4) is 0 Å². The lowest BCUT2D eigenvalue weighted by atomic mass is 10.0. The second-order valence-corrected chi connectivity index (χ2v) is 9.52. The molecule has 2 aromatic rings. The lowest BCUT2D eigenvalue weighted by Gasteiger charge is -2.23. The van der Waals surface area contributed by atoms with Gasteiger partial charge >= 0.3 is 0 Å². The SMILES string of the molecule is CCN(CCc1ccc(F)cc1)C(=O)CNC(=O)[C@@H](CCCN=C(N)N)NC(=O)[C@H](Cc1ccc(O)cc1)N=C(N)N. The van der Waals surface area contributed by atoms with Gasteiger partial charge in [0.2, 0.25) is 17.7 Å². The van der Waals surface area contributed by atoms with Crippen molar-refractivity contribution in [2.45, 2.75) is 44.7 Å². The number of benzene rings is 2. The highest BCUT2D eigenvalue weighted by Crippen LogP contribution is 2.13. The zero-order valence-corrected chi connectivity index (χ0v) is 23.6. The van der Waals surface area contributed by atoms with Gasteiger partial charge in [0.1, 0.15) is 23.7 Å². The summed E-state index contributed by atoms with van der Waals surface area (Å²) in [5.41, 5.74) is 23.4. The summed E-state index contributed by atoms with van der Waals surface area (Å²) in [7, 11) is 0. The molecular weight excluding hydrogens is 545 g/mol. The van der Waals surface area contributed by atoms with E-state index in [0.29, 0.717) is 31.5 Å². The van der Waals surface area contributed by atoms with E-state index in [9.17, 15) is 23.9 Å². The van der Waals surface area contributed by atoms with Gasteiger partial charge in [-0.2, -0.15) is 0 Å². The average molecular weight is 586 g/mol. The van der Waals surface area contributed by atoms with Crippen molar-refractivity contribution in [3.63, 3.8) is 0 Å². The van der Waals surface area contributed by atoms with E-state index in [1.807, 2.05) is 6.92 Å². The highest BCUT2D eigenvalue weighted by molar-refractivity contribution is 5.93. The minimum Gasteiger partial charge on any atom is -0.508 e. The first-order valence-electron chi connectivity index (χ1n) is 13.5. The smallest absolute Gasteiger partial charge is 0.245 e. The number of likely N-dealkylation sites (N-methyl/N-ethyl adjacent to an activating group) is 1. The lowest BCUT2D eigenvalue weighted by molar-refractivity contribution is -0.134. The molecule has 2 rings (SSSR count). The van der Waals surface area contributed by atoms with E-state index in [4.69, 9.17) is 22.9 Å². The van der Waals surface area contributed by atoms with Gasteiger partial charge in [-0.05, 0) is 61.6 Å². The number of guanidine groups is 2. The second kappa shape index (κ2) is 17.0. The molecule has 0 spiro atoms. The molecular formula is C28H40FN9O4. The maximum absolute atomic E-state index is 13.2. The Morgan fingerprint density at radius 1 is 0.952 bits per heavy atom. The van der Waals surface area contributed by atoms with Gasteiger partial charge in [-0.15, -0.1) is 0 Å². The fourth-order valence-electron chi connectivity index (χ4n) is 4.04. The monoisotopic (exact) mass is 585 g/mol. The van der Waals surface area contributed by atoms with E-state index in [1.165, 1.54) is 24.3 Å². The molecule has 0 unspecified atom stereocenters. The molecule has 3 amide bonds. The number of rotatable bonds is 16. The third-order valence-corrected chi connectivity index (χ3v) is 6.28. The molecule has 0 radical (unpaired) electrons. The Morgan fingerprint density at radius 3 is 2.19 bits per heavy atom. The average Bonchev–Trinajstić information content (AvgIpc) is 2.94. The van der Waals surface area contributed by atoms with Crippen LogP contribution in [0.1, 0.15) is 30.9 Å². The molecule has 0 aromatic heterocycles. The summed E-state index contributed by atoms with van der Waals surface area (Å²) < 4.78 is 13.2. The summed E-state index contributed by atoms with van der Waals surface area (Å²) in [6, 6.07) is 10.1. The van der Waals surface area contributed by atoms with Crippen molar-refractivity contribution < 1.29 is 23.9 Å². The van der Waals surface area contributed by atoms with Crippen molar-refractivity contribution in [3.8, 4) is 5.75 Å². The van der Waals surface area contributed by atoms with Crippen molar-refractivity contribution in [1.82, 2.24) is 15.5 Å². The zero-order chi connectivity index (χ0) is 31.1. The number of nitrogens with zero attached hydrogens (tertiary/aromatic N) is 3. The summed E-state index contributed by atoms with van der Waals surface area (Å²) >= 11 is 0. The summed E-state index contributed by atoms with van der Waals surface area (Å²) in [4.78, 5) is 48.7. The first-order chi connectivity index (χ1) is 20.0.